The van der Waals surface area contributed by atoms with Crippen molar-refractivity contribution in [3.05, 3.63) is 112 Å². The predicted molar refractivity (Wildman–Crippen MR) is 151 cm³/mol. The van der Waals surface area contributed by atoms with Crippen LogP contribution in [0.5, 0.6) is 5.75 Å². The number of halogens is 1. The van der Waals surface area contributed by atoms with Crippen molar-refractivity contribution < 1.29 is 9.53 Å². The van der Waals surface area contributed by atoms with Gasteiger partial charge in [0.2, 0.25) is 5.91 Å². The molecule has 1 aromatic heterocycles. The third kappa shape index (κ3) is 6.77. The Morgan fingerprint density at radius 3 is 2.37 bits per heavy atom. The minimum absolute atomic E-state index is 0. The Kier molecular flexibility index (Phi) is 9.23. The van der Waals surface area contributed by atoms with Crippen molar-refractivity contribution in [1.29, 1.82) is 5.41 Å². The van der Waals surface area contributed by atoms with Gasteiger partial charge in [-0.25, -0.2) is 4.68 Å². The van der Waals surface area contributed by atoms with E-state index < -0.39 is 0 Å². The second-order valence-corrected chi connectivity index (χ2v) is 8.54. The van der Waals surface area contributed by atoms with Crippen LogP contribution in [0, 0.1) is 5.41 Å². The average Bonchev–Trinajstić information content (AvgIpc) is 2.90. The van der Waals surface area contributed by atoms with Crippen molar-refractivity contribution in [2.24, 2.45) is 5.73 Å². The van der Waals surface area contributed by atoms with Crippen molar-refractivity contribution in [3.63, 3.8) is 0 Å². The van der Waals surface area contributed by atoms with Crippen LogP contribution in [0.1, 0.15) is 22.3 Å². The Balaban J connectivity index is 0.00000400. The highest BCUT2D eigenvalue weighted by Crippen LogP contribution is 2.23. The Labute approximate surface area is 226 Å². The van der Waals surface area contributed by atoms with Gasteiger partial charge in [-0.15, -0.1) is 12.4 Å². The van der Waals surface area contributed by atoms with Crippen LogP contribution in [-0.2, 0) is 24.3 Å². The molecule has 1 heterocycles. The van der Waals surface area contributed by atoms with Gasteiger partial charge in [-0.1, -0.05) is 48.5 Å². The molecule has 4 rings (SSSR count). The van der Waals surface area contributed by atoms with Gasteiger partial charge in [0.15, 0.2) is 0 Å². The molecule has 9 nitrogen and oxygen atoms in total. The molecule has 0 atom stereocenters. The van der Waals surface area contributed by atoms with E-state index >= 15 is 0 Å². The zero-order chi connectivity index (χ0) is 26.4. The van der Waals surface area contributed by atoms with Gasteiger partial charge in [-0.3, -0.25) is 15.0 Å². The summed E-state index contributed by atoms with van der Waals surface area (Å²) in [4.78, 5) is 26.5. The zero-order valence-electron chi connectivity index (χ0n) is 20.8. The quantitative estimate of drug-likeness (QED) is 0.148. The van der Waals surface area contributed by atoms with Crippen molar-refractivity contribution >= 4 is 29.8 Å². The van der Waals surface area contributed by atoms with Gasteiger partial charge < -0.3 is 21.5 Å². The first-order chi connectivity index (χ1) is 17.8. The number of methoxy groups -OCH3 is 1. The number of anilines is 1. The molecular formula is C28H29ClN6O3. The molecule has 38 heavy (non-hydrogen) atoms. The lowest BCUT2D eigenvalue weighted by Crippen LogP contribution is -2.32. The predicted octanol–water partition coefficient (Wildman–Crippen LogP) is 3.11. The molecule has 6 N–H and O–H groups in total. The fourth-order valence-corrected chi connectivity index (χ4v) is 3.90. The van der Waals surface area contributed by atoms with Gasteiger partial charge in [0.25, 0.3) is 5.56 Å². The van der Waals surface area contributed by atoms with Gasteiger partial charge in [-0.2, -0.15) is 5.10 Å². The number of aromatic nitrogens is 2. The van der Waals surface area contributed by atoms with Crippen molar-refractivity contribution in [1.82, 2.24) is 15.1 Å². The maximum absolute atomic E-state index is 13.5. The summed E-state index contributed by atoms with van der Waals surface area (Å²) in [6.45, 7) is 0.521. The van der Waals surface area contributed by atoms with Gasteiger partial charge in [0.1, 0.15) is 11.6 Å². The summed E-state index contributed by atoms with van der Waals surface area (Å²) < 4.78 is 6.55. The molecule has 0 bridgehead atoms. The molecule has 0 aliphatic carbocycles. The molecule has 1 amide bonds. The first-order valence-corrected chi connectivity index (χ1v) is 11.6. The highest BCUT2D eigenvalue weighted by molar-refractivity contribution is 5.94. The summed E-state index contributed by atoms with van der Waals surface area (Å²) in [6.07, 6.45) is 1.47. The van der Waals surface area contributed by atoms with E-state index in [0.29, 0.717) is 27.9 Å². The zero-order valence-corrected chi connectivity index (χ0v) is 21.6. The Hall–Kier alpha value is -4.63. The molecular weight excluding hydrogens is 504 g/mol. The summed E-state index contributed by atoms with van der Waals surface area (Å²) in [6, 6.07) is 21.5. The van der Waals surface area contributed by atoms with Crippen LogP contribution < -0.4 is 27.1 Å². The second-order valence-electron chi connectivity index (χ2n) is 8.54. The monoisotopic (exact) mass is 532 g/mol. The van der Waals surface area contributed by atoms with Crippen LogP contribution in [0.15, 0.2) is 83.8 Å². The summed E-state index contributed by atoms with van der Waals surface area (Å²) in [5.41, 5.74) is 15.6. The number of carbonyl (C=O) groups is 1. The maximum Gasteiger partial charge on any atom is 0.271 e. The second kappa shape index (κ2) is 12.6. The molecule has 0 aliphatic rings. The van der Waals surface area contributed by atoms with Crippen molar-refractivity contribution in [2.45, 2.75) is 19.5 Å². The Bertz CT molecular complexity index is 1480. The first-order valence-electron chi connectivity index (χ1n) is 11.6. The summed E-state index contributed by atoms with van der Waals surface area (Å²) in [7, 11) is 1.59. The number of carbonyl (C=O) groups excluding carboxylic acids is 1. The van der Waals surface area contributed by atoms with Gasteiger partial charge >= 0.3 is 0 Å². The number of amides is 1. The number of rotatable bonds is 9. The van der Waals surface area contributed by atoms with Crippen LogP contribution in [0.2, 0.25) is 0 Å². The standard InChI is InChI=1S/C28H28N6O3.ClH/c1-37-23-11-7-19(8-12-23)17-34-28(36)24(25(16-33-34)21-3-2-4-22(29)13-21)14-26(35)32-15-18-5-9-20(10-6-18)27(30)31;/h2-13,16H,14-15,17,29H2,1H3,(H3,30,31)(H,32,35);1H. The summed E-state index contributed by atoms with van der Waals surface area (Å²) >= 11 is 0. The topological polar surface area (TPSA) is 149 Å². The molecule has 3 aromatic carbocycles. The number of amidine groups is 1. The van der Waals surface area contributed by atoms with E-state index in [-0.39, 0.29) is 49.2 Å². The third-order valence-electron chi connectivity index (χ3n) is 5.92. The lowest BCUT2D eigenvalue weighted by Gasteiger charge is -2.13. The fraction of sp³-hybridized carbons (Fsp3) is 0.143. The van der Waals surface area contributed by atoms with Crippen molar-refractivity contribution in [3.8, 4) is 16.9 Å². The van der Waals surface area contributed by atoms with E-state index in [1.165, 1.54) is 4.68 Å². The molecule has 10 heteroatoms. The number of ether oxygens (including phenoxy) is 1. The summed E-state index contributed by atoms with van der Waals surface area (Å²) in [5.74, 6) is 0.391. The van der Waals surface area contributed by atoms with Crippen molar-refractivity contribution in [2.75, 3.05) is 12.8 Å². The highest BCUT2D eigenvalue weighted by atomic mass is 35.5. The molecule has 0 saturated carbocycles. The van der Waals surface area contributed by atoms with Crippen LogP contribution in [0.3, 0.4) is 0 Å². The van der Waals surface area contributed by atoms with E-state index in [1.54, 1.807) is 55.8 Å². The number of hydrogen-bond acceptors (Lipinski definition) is 6. The Morgan fingerprint density at radius 2 is 1.74 bits per heavy atom. The van der Waals surface area contributed by atoms with E-state index in [1.807, 2.05) is 30.3 Å². The molecule has 4 aromatic rings. The van der Waals surface area contributed by atoms with Crippen LogP contribution in [0.25, 0.3) is 11.1 Å². The minimum atomic E-state index is -0.350. The average molecular weight is 533 g/mol. The van der Waals surface area contributed by atoms with E-state index in [2.05, 4.69) is 10.4 Å². The number of nitrogens with two attached hydrogens (primary N) is 2. The lowest BCUT2D eigenvalue weighted by molar-refractivity contribution is -0.120. The lowest BCUT2D eigenvalue weighted by atomic mass is 10.00. The SMILES string of the molecule is COc1ccc(Cn2ncc(-c3cccc(N)c3)c(CC(=O)NCc3ccc(C(=N)N)cc3)c2=O)cc1.Cl. The molecule has 0 radical (unpaired) electrons. The number of nitrogens with one attached hydrogen (secondary N) is 2. The smallest absolute Gasteiger partial charge is 0.271 e. The van der Waals surface area contributed by atoms with E-state index in [4.69, 9.17) is 21.6 Å². The van der Waals surface area contributed by atoms with Crippen LogP contribution >= 0.6 is 12.4 Å². The third-order valence-corrected chi connectivity index (χ3v) is 5.92. The first kappa shape index (κ1) is 27.9. The molecule has 196 valence electrons. The largest absolute Gasteiger partial charge is 0.497 e. The van der Waals surface area contributed by atoms with Crippen LogP contribution in [-0.4, -0.2) is 28.6 Å². The van der Waals surface area contributed by atoms with Gasteiger partial charge in [0, 0.05) is 28.9 Å². The summed E-state index contributed by atoms with van der Waals surface area (Å²) in [5, 5.41) is 14.7. The number of nitrogens with zero attached hydrogens (tertiary/aromatic N) is 2. The maximum atomic E-state index is 13.5. The van der Waals surface area contributed by atoms with E-state index in [9.17, 15) is 9.59 Å². The van der Waals surface area contributed by atoms with Crippen LogP contribution in [0.4, 0.5) is 5.69 Å². The number of benzene rings is 3. The molecule has 0 unspecified atom stereocenters. The number of hydrogen-bond donors (Lipinski definition) is 4. The number of nitrogen functional groups attached to an aromatic ring is 2. The molecule has 0 saturated heterocycles. The highest BCUT2D eigenvalue weighted by Gasteiger charge is 2.17. The molecule has 0 fully saturated rings. The van der Waals surface area contributed by atoms with Gasteiger partial charge in [-0.05, 0) is 41.0 Å². The Morgan fingerprint density at radius 1 is 1.05 bits per heavy atom. The molecule has 0 spiro atoms. The van der Waals surface area contributed by atoms with Gasteiger partial charge in [0.05, 0.1) is 26.3 Å². The normalized spacial score (nSPS) is 10.3. The fourth-order valence-electron chi connectivity index (χ4n) is 3.90. The molecule has 0 aliphatic heterocycles. The van der Waals surface area contributed by atoms with E-state index in [0.717, 1.165) is 16.9 Å². The minimum Gasteiger partial charge on any atom is -0.497 e.